The van der Waals surface area contributed by atoms with Crippen LogP contribution in [-0.4, -0.2) is 112 Å². The molecule has 4 rings (SSSR count). The second kappa shape index (κ2) is 11.8. The highest BCUT2D eigenvalue weighted by atomic mass is 32.2. The van der Waals surface area contributed by atoms with Crippen LogP contribution < -0.4 is 21.7 Å². The molecule has 17 heteroatoms. The lowest BCUT2D eigenvalue weighted by atomic mass is 9.78. The monoisotopic (exact) mass is 608 g/mol. The lowest BCUT2D eigenvalue weighted by Crippen LogP contribution is -2.66. The highest BCUT2D eigenvalue weighted by molar-refractivity contribution is 8.03. The number of hydrogen-bond donors (Lipinski definition) is 5. The minimum Gasteiger partial charge on any atom is -0.477 e. The van der Waals surface area contributed by atoms with Gasteiger partial charge in [-0.3, -0.25) is 19.2 Å². The number of likely N-dealkylation sites (tertiary alicyclic amines) is 1. The van der Waals surface area contributed by atoms with Crippen molar-refractivity contribution >= 4 is 41.4 Å². The molecule has 0 aromatic heterocycles. The number of halogens is 4. The van der Waals surface area contributed by atoms with Crippen LogP contribution in [0.3, 0.4) is 0 Å². The van der Waals surface area contributed by atoms with Crippen molar-refractivity contribution in [1.82, 2.24) is 25.8 Å². The molecular formula is C24H32F4N6O6S. The second-order valence-electron chi connectivity index (χ2n) is 10.7. The first-order valence-electron chi connectivity index (χ1n) is 13.1. The predicted octanol–water partition coefficient (Wildman–Crippen LogP) is -0.696. The maximum absolute atomic E-state index is 13.5. The molecule has 6 N–H and O–H groups in total. The molecule has 3 saturated heterocycles. The number of nitrogens with two attached hydrogens (primary N) is 1. The molecule has 4 aliphatic heterocycles. The van der Waals surface area contributed by atoms with Gasteiger partial charge in [-0.1, -0.05) is 6.92 Å². The van der Waals surface area contributed by atoms with Gasteiger partial charge in [0.2, 0.25) is 11.8 Å². The smallest absolute Gasteiger partial charge is 0.353 e. The SMILES string of the molecule is C[C@@H](NC(=O)C(F)F)[C@H]1C(=O)N2C(C(=O)O)=C(S[C@@H]3CN[C@H](C(=O)N4CC[C@H](NC(=O)C(F)(F)CN)C4)C3)[C@H](C)[C@@H]12. The van der Waals surface area contributed by atoms with Crippen molar-refractivity contribution in [2.24, 2.45) is 17.6 Å². The summed E-state index contributed by atoms with van der Waals surface area (Å²) in [5.74, 6) is -10.2. The predicted molar refractivity (Wildman–Crippen MR) is 136 cm³/mol. The maximum atomic E-state index is 13.5. The third-order valence-electron chi connectivity index (χ3n) is 8.00. The lowest BCUT2D eigenvalue weighted by molar-refractivity contribution is -0.159. The summed E-state index contributed by atoms with van der Waals surface area (Å²) in [6.45, 7) is 2.71. The third kappa shape index (κ3) is 5.88. The van der Waals surface area contributed by atoms with Crippen molar-refractivity contribution in [3.05, 3.63) is 10.6 Å². The fraction of sp³-hybridized carbons (Fsp3) is 0.708. The number of nitrogens with one attached hydrogen (secondary N) is 3. The highest BCUT2D eigenvalue weighted by Crippen LogP contribution is 2.51. The van der Waals surface area contributed by atoms with Crippen LogP contribution in [0.1, 0.15) is 26.7 Å². The van der Waals surface area contributed by atoms with Gasteiger partial charge in [-0.15, -0.1) is 11.8 Å². The van der Waals surface area contributed by atoms with E-state index in [0.29, 0.717) is 24.3 Å². The minimum absolute atomic E-state index is 0.0625. The number of carbonyl (C=O) groups excluding carboxylic acids is 4. The van der Waals surface area contributed by atoms with Crippen molar-refractivity contribution in [2.45, 2.75) is 68.5 Å². The molecule has 0 bridgehead atoms. The topological polar surface area (TPSA) is 174 Å². The van der Waals surface area contributed by atoms with E-state index in [2.05, 4.69) is 16.0 Å². The molecule has 0 aromatic carbocycles. The zero-order chi connectivity index (χ0) is 30.4. The van der Waals surface area contributed by atoms with Crippen molar-refractivity contribution in [3.63, 3.8) is 0 Å². The van der Waals surface area contributed by atoms with Gasteiger partial charge >= 0.3 is 18.3 Å². The number of carboxylic acid groups (broad SMARTS) is 1. The van der Waals surface area contributed by atoms with Crippen LogP contribution in [0.5, 0.6) is 0 Å². The van der Waals surface area contributed by atoms with Gasteiger partial charge in [0, 0.05) is 47.8 Å². The molecule has 41 heavy (non-hydrogen) atoms. The van der Waals surface area contributed by atoms with Crippen molar-refractivity contribution in [3.8, 4) is 0 Å². The average Bonchev–Trinajstić information content (AvgIpc) is 3.62. The number of β-lactam (4-membered cyclic amide) rings is 1. The quantitative estimate of drug-likeness (QED) is 0.159. The summed E-state index contributed by atoms with van der Waals surface area (Å²) in [6.07, 6.45) is -2.62. The molecule has 0 unspecified atom stereocenters. The molecule has 0 aromatic rings. The molecule has 3 fully saturated rings. The number of nitrogens with zero attached hydrogens (tertiary/aromatic N) is 2. The summed E-state index contributed by atoms with van der Waals surface area (Å²) in [6, 6.07) is -2.81. The molecule has 4 amide bonds. The average molecular weight is 609 g/mol. The van der Waals surface area contributed by atoms with Crippen molar-refractivity contribution in [2.75, 3.05) is 26.2 Å². The Morgan fingerprint density at radius 3 is 2.56 bits per heavy atom. The van der Waals surface area contributed by atoms with Crippen LogP contribution in [0.25, 0.3) is 0 Å². The number of rotatable bonds is 10. The zero-order valence-electron chi connectivity index (χ0n) is 22.2. The number of fused-ring (bicyclic) bond motifs is 1. The van der Waals surface area contributed by atoms with Gasteiger partial charge in [0.1, 0.15) is 5.70 Å². The number of amides is 4. The summed E-state index contributed by atoms with van der Waals surface area (Å²) in [5, 5.41) is 17.1. The Bertz CT molecular complexity index is 1160. The minimum atomic E-state index is -3.70. The van der Waals surface area contributed by atoms with Gasteiger partial charge in [0.05, 0.1) is 24.5 Å². The van der Waals surface area contributed by atoms with Gasteiger partial charge < -0.3 is 36.6 Å². The molecule has 7 atom stereocenters. The van der Waals surface area contributed by atoms with Crippen LogP contribution in [-0.2, 0) is 24.0 Å². The fourth-order valence-corrected chi connectivity index (χ4v) is 7.40. The van der Waals surface area contributed by atoms with Gasteiger partial charge in [0.25, 0.3) is 11.8 Å². The summed E-state index contributed by atoms with van der Waals surface area (Å²) in [5.41, 5.74) is 4.75. The number of thioether (sulfide) groups is 1. The van der Waals surface area contributed by atoms with Gasteiger partial charge in [-0.05, 0) is 19.8 Å². The summed E-state index contributed by atoms with van der Waals surface area (Å²) in [4.78, 5) is 64.3. The highest BCUT2D eigenvalue weighted by Gasteiger charge is 2.60. The number of hydrogen-bond acceptors (Lipinski definition) is 8. The molecule has 0 spiro atoms. The van der Waals surface area contributed by atoms with Crippen molar-refractivity contribution in [1.29, 1.82) is 0 Å². The Kier molecular flexibility index (Phi) is 8.90. The number of carbonyl (C=O) groups is 5. The molecule has 0 saturated carbocycles. The van der Waals surface area contributed by atoms with Crippen molar-refractivity contribution < 1.29 is 46.6 Å². The largest absolute Gasteiger partial charge is 0.477 e. The van der Waals surface area contributed by atoms with Crippen LogP contribution in [0, 0.1) is 11.8 Å². The van der Waals surface area contributed by atoms with Gasteiger partial charge in [-0.2, -0.15) is 17.6 Å². The molecular weight excluding hydrogens is 576 g/mol. The Morgan fingerprint density at radius 1 is 1.27 bits per heavy atom. The third-order valence-corrected chi connectivity index (χ3v) is 9.52. The Morgan fingerprint density at radius 2 is 1.95 bits per heavy atom. The summed E-state index contributed by atoms with van der Waals surface area (Å²) in [7, 11) is 0. The lowest BCUT2D eigenvalue weighted by Gasteiger charge is -2.47. The van der Waals surface area contributed by atoms with Gasteiger partial charge in [-0.25, -0.2) is 4.79 Å². The molecule has 4 heterocycles. The summed E-state index contributed by atoms with van der Waals surface area (Å²) >= 11 is 1.23. The van der Waals surface area contributed by atoms with Crippen LogP contribution in [0.2, 0.25) is 0 Å². The van der Waals surface area contributed by atoms with E-state index in [0.717, 1.165) is 4.90 Å². The van der Waals surface area contributed by atoms with E-state index < -0.39 is 78.6 Å². The Balaban J connectivity index is 1.36. The Hall–Kier alpha value is -2.92. The number of aliphatic carboxylic acids is 1. The summed E-state index contributed by atoms with van der Waals surface area (Å²) < 4.78 is 52.4. The maximum Gasteiger partial charge on any atom is 0.353 e. The fourth-order valence-electron chi connectivity index (χ4n) is 5.92. The first-order valence-corrected chi connectivity index (χ1v) is 14.0. The zero-order valence-corrected chi connectivity index (χ0v) is 23.1. The van der Waals surface area contributed by atoms with E-state index in [-0.39, 0.29) is 29.9 Å². The molecule has 228 valence electrons. The number of carboxylic acids is 1. The molecule has 4 aliphatic rings. The van der Waals surface area contributed by atoms with E-state index in [1.807, 2.05) is 0 Å². The molecule has 12 nitrogen and oxygen atoms in total. The Labute approximate surface area is 236 Å². The second-order valence-corrected chi connectivity index (χ2v) is 12.1. The van der Waals surface area contributed by atoms with E-state index in [1.54, 1.807) is 6.92 Å². The first-order chi connectivity index (χ1) is 19.2. The first kappa shape index (κ1) is 31.0. The van der Waals surface area contributed by atoms with Crippen LogP contribution in [0.4, 0.5) is 17.6 Å². The number of alkyl halides is 4. The van der Waals surface area contributed by atoms with E-state index in [9.17, 15) is 46.6 Å². The van der Waals surface area contributed by atoms with E-state index >= 15 is 0 Å². The van der Waals surface area contributed by atoms with Crippen LogP contribution in [0.15, 0.2) is 10.6 Å². The van der Waals surface area contributed by atoms with E-state index in [1.165, 1.54) is 23.6 Å². The normalized spacial score (nSPS) is 30.4. The van der Waals surface area contributed by atoms with E-state index in [4.69, 9.17) is 5.73 Å². The standard InChI is InChI=1S/C24H32F4N6O6S/c1-9-15-14(10(2)31-19(35)18(25)26)21(37)34(15)16(22(38)39)17(9)41-12-5-13(30-6-12)20(36)33-4-3-11(7-33)32-23(40)24(27,28)8-29/h9-15,18,30H,3-8,29H2,1-2H3,(H,31,35)(H,32,40)(H,38,39)/t9-,10-,11+,12+,13+,14-,15+/m1/s1. The molecule has 0 aliphatic carbocycles. The van der Waals surface area contributed by atoms with Gasteiger partial charge in [0.15, 0.2) is 0 Å². The van der Waals surface area contributed by atoms with Crippen LogP contribution >= 0.6 is 11.8 Å². The molecule has 0 radical (unpaired) electrons.